The Labute approximate surface area is 231 Å². The molecule has 4 rings (SSSR count). The number of benzene rings is 2. The summed E-state index contributed by atoms with van der Waals surface area (Å²) >= 11 is 1.17. The first-order valence-corrected chi connectivity index (χ1v) is 12.9. The summed E-state index contributed by atoms with van der Waals surface area (Å²) in [5, 5.41) is 9.33. The highest BCUT2D eigenvalue weighted by Crippen LogP contribution is 2.39. The predicted octanol–water partition coefficient (Wildman–Crippen LogP) is 8.51. The van der Waals surface area contributed by atoms with Gasteiger partial charge in [-0.15, -0.1) is 11.8 Å². The first kappa shape index (κ1) is 29.9. The second kappa shape index (κ2) is 11.4. The van der Waals surface area contributed by atoms with E-state index in [-0.39, 0.29) is 27.5 Å². The lowest BCUT2D eigenvalue weighted by Gasteiger charge is -2.16. The number of furan rings is 1. The minimum Gasteiger partial charge on any atom is -0.455 e. The van der Waals surface area contributed by atoms with Gasteiger partial charge in [0.2, 0.25) is 0 Å². The van der Waals surface area contributed by atoms with E-state index in [0.717, 1.165) is 30.3 Å². The highest BCUT2D eigenvalue weighted by atomic mass is 32.2. The number of aromatic nitrogens is 1. The van der Waals surface area contributed by atoms with Crippen LogP contribution in [-0.4, -0.2) is 10.3 Å². The van der Waals surface area contributed by atoms with Gasteiger partial charge >= 0.3 is 12.4 Å². The maximum atomic E-state index is 14.4. The molecule has 0 unspecified atom stereocenters. The maximum Gasteiger partial charge on any atom is 0.417 e. The van der Waals surface area contributed by atoms with E-state index in [1.165, 1.54) is 30.0 Å². The van der Waals surface area contributed by atoms with Gasteiger partial charge in [-0.1, -0.05) is 13.0 Å². The summed E-state index contributed by atoms with van der Waals surface area (Å²) < 4.78 is 116. The first-order chi connectivity index (χ1) is 19.2. The van der Waals surface area contributed by atoms with Gasteiger partial charge in [-0.25, -0.2) is 8.78 Å². The Balaban J connectivity index is 1.91. The highest BCUT2D eigenvalue weighted by Gasteiger charge is 2.37. The Morgan fingerprint density at radius 2 is 1.63 bits per heavy atom. The van der Waals surface area contributed by atoms with Crippen LogP contribution in [0.4, 0.5) is 35.1 Å². The number of nitrogens with zero attached hydrogens (tertiary/aromatic N) is 2. The minimum atomic E-state index is -5.14. The molecule has 41 heavy (non-hydrogen) atoms. The number of pyridine rings is 1. The molecule has 214 valence electrons. The quantitative estimate of drug-likeness (QED) is 0.158. The monoisotopic (exact) mass is 598 g/mol. The maximum absolute atomic E-state index is 14.4. The molecule has 2 heterocycles. The summed E-state index contributed by atoms with van der Waals surface area (Å²) in [5.41, 5.74) is -6.04. The second-order valence-corrected chi connectivity index (χ2v) is 9.98. The standard InChI is InChI=1S/C28H18F8N2O2S/c1-2-7-41-19-9-16(8-17(10-19)27(31,32)33)24-5-6-25(40-24)23-12-21(28(34,35)36)20(13-37)26(39)38(23)14-15-3-4-18(29)11-22(15)30/h3-6,8-12H,2,7,14H2,1H3. The Morgan fingerprint density at radius 1 is 0.927 bits per heavy atom. The average molecular weight is 599 g/mol. The number of rotatable bonds is 7. The van der Waals surface area contributed by atoms with Crippen molar-refractivity contribution in [3.8, 4) is 28.8 Å². The zero-order chi connectivity index (χ0) is 30.1. The van der Waals surface area contributed by atoms with Crippen LogP contribution in [0.3, 0.4) is 0 Å². The Morgan fingerprint density at radius 3 is 2.24 bits per heavy atom. The molecule has 0 aliphatic rings. The van der Waals surface area contributed by atoms with Gasteiger partial charge in [-0.2, -0.15) is 31.6 Å². The van der Waals surface area contributed by atoms with Crippen molar-refractivity contribution in [1.29, 1.82) is 5.26 Å². The highest BCUT2D eigenvalue weighted by molar-refractivity contribution is 7.99. The number of thioether (sulfide) groups is 1. The number of alkyl halides is 6. The smallest absolute Gasteiger partial charge is 0.417 e. The fraction of sp³-hybridized carbons (Fsp3) is 0.214. The first-order valence-electron chi connectivity index (χ1n) is 11.9. The molecule has 2 aromatic heterocycles. The van der Waals surface area contributed by atoms with E-state index in [4.69, 9.17) is 4.42 Å². The third-order valence-electron chi connectivity index (χ3n) is 5.91. The van der Waals surface area contributed by atoms with Crippen molar-refractivity contribution in [2.75, 3.05) is 5.75 Å². The lowest BCUT2D eigenvalue weighted by Crippen LogP contribution is -2.29. The summed E-state index contributed by atoms with van der Waals surface area (Å²) in [4.78, 5) is 13.4. The zero-order valence-corrected chi connectivity index (χ0v) is 21.8. The summed E-state index contributed by atoms with van der Waals surface area (Å²) in [5.74, 6) is -2.01. The third kappa shape index (κ3) is 6.48. The zero-order valence-electron chi connectivity index (χ0n) is 21.0. The molecule has 0 fully saturated rings. The van der Waals surface area contributed by atoms with Crippen LogP contribution in [0.5, 0.6) is 0 Å². The molecule has 0 N–H and O–H groups in total. The molecule has 0 bridgehead atoms. The van der Waals surface area contributed by atoms with E-state index < -0.39 is 58.5 Å². The lowest BCUT2D eigenvalue weighted by molar-refractivity contribution is -0.138. The molecule has 0 saturated carbocycles. The van der Waals surface area contributed by atoms with E-state index in [2.05, 4.69) is 0 Å². The fourth-order valence-corrected chi connectivity index (χ4v) is 4.86. The molecular formula is C28H18F8N2O2S. The molecule has 0 amide bonds. The SMILES string of the molecule is CCCSc1cc(-c2ccc(-c3cc(C(F)(F)F)c(C#N)c(=O)n3Cc3ccc(F)cc3F)o2)cc(C(F)(F)F)c1. The van der Waals surface area contributed by atoms with Crippen LogP contribution in [0, 0.1) is 23.0 Å². The molecule has 0 atom stereocenters. The van der Waals surface area contributed by atoms with E-state index in [1.54, 1.807) is 0 Å². The van der Waals surface area contributed by atoms with Gasteiger partial charge in [0.1, 0.15) is 29.0 Å². The van der Waals surface area contributed by atoms with Crippen LogP contribution in [0.15, 0.2) is 68.7 Å². The van der Waals surface area contributed by atoms with Crippen LogP contribution in [-0.2, 0) is 18.9 Å². The van der Waals surface area contributed by atoms with Crippen molar-refractivity contribution >= 4 is 11.8 Å². The molecule has 0 spiro atoms. The molecule has 2 aromatic carbocycles. The van der Waals surface area contributed by atoms with Gasteiger partial charge in [-0.3, -0.25) is 9.36 Å². The van der Waals surface area contributed by atoms with Crippen LogP contribution >= 0.6 is 11.8 Å². The predicted molar refractivity (Wildman–Crippen MR) is 135 cm³/mol. The molecule has 4 nitrogen and oxygen atoms in total. The normalized spacial score (nSPS) is 12.0. The minimum absolute atomic E-state index is 0.0205. The van der Waals surface area contributed by atoms with Crippen molar-refractivity contribution < 1.29 is 39.5 Å². The molecule has 0 radical (unpaired) electrons. The van der Waals surface area contributed by atoms with Gasteiger partial charge in [0.25, 0.3) is 5.56 Å². The lowest BCUT2D eigenvalue weighted by atomic mass is 10.1. The van der Waals surface area contributed by atoms with Crippen molar-refractivity contribution in [2.45, 2.75) is 37.1 Å². The van der Waals surface area contributed by atoms with Gasteiger partial charge in [0.05, 0.1) is 23.4 Å². The number of hydrogen-bond donors (Lipinski definition) is 0. The van der Waals surface area contributed by atoms with Crippen LogP contribution < -0.4 is 5.56 Å². The van der Waals surface area contributed by atoms with Gasteiger partial charge in [-0.05, 0) is 54.6 Å². The summed E-state index contributed by atoms with van der Waals surface area (Å²) in [6, 6.07) is 9.66. The van der Waals surface area contributed by atoms with Crippen LogP contribution in [0.2, 0.25) is 0 Å². The summed E-state index contributed by atoms with van der Waals surface area (Å²) in [7, 11) is 0. The molecule has 4 aromatic rings. The Kier molecular flexibility index (Phi) is 8.35. The van der Waals surface area contributed by atoms with Crippen molar-refractivity contribution in [2.24, 2.45) is 0 Å². The second-order valence-electron chi connectivity index (χ2n) is 8.81. The molecule has 13 heteroatoms. The van der Waals surface area contributed by atoms with Gasteiger partial charge in [0, 0.05) is 22.1 Å². The summed E-state index contributed by atoms with van der Waals surface area (Å²) in [6.07, 6.45) is -9.14. The van der Waals surface area contributed by atoms with Crippen LogP contribution in [0.1, 0.15) is 35.6 Å². The topological polar surface area (TPSA) is 58.9 Å². The van der Waals surface area contributed by atoms with E-state index in [1.807, 2.05) is 6.92 Å². The van der Waals surface area contributed by atoms with E-state index in [0.29, 0.717) is 28.9 Å². The molecule has 0 saturated heterocycles. The number of nitriles is 1. The molecular weight excluding hydrogens is 580 g/mol. The Bertz CT molecular complexity index is 1700. The van der Waals surface area contributed by atoms with E-state index in [9.17, 15) is 45.2 Å². The number of halogens is 8. The van der Waals surface area contributed by atoms with E-state index >= 15 is 0 Å². The van der Waals surface area contributed by atoms with Gasteiger partial charge in [0.15, 0.2) is 5.76 Å². The average Bonchev–Trinajstić information content (AvgIpc) is 3.38. The fourth-order valence-electron chi connectivity index (χ4n) is 4.00. The van der Waals surface area contributed by atoms with Crippen molar-refractivity contribution in [3.63, 3.8) is 0 Å². The number of hydrogen-bond acceptors (Lipinski definition) is 4. The molecule has 0 aliphatic heterocycles. The molecule has 0 aliphatic carbocycles. The van der Waals surface area contributed by atoms with Gasteiger partial charge < -0.3 is 4.42 Å². The van der Waals surface area contributed by atoms with Crippen molar-refractivity contribution in [1.82, 2.24) is 4.57 Å². The Hall–Kier alpha value is -4.05. The summed E-state index contributed by atoms with van der Waals surface area (Å²) in [6.45, 7) is 1.15. The largest absolute Gasteiger partial charge is 0.455 e. The third-order valence-corrected chi connectivity index (χ3v) is 7.09. The van der Waals surface area contributed by atoms with Crippen molar-refractivity contribution in [3.05, 3.63) is 98.8 Å². The van der Waals surface area contributed by atoms with Crippen LogP contribution in [0.25, 0.3) is 22.8 Å².